The van der Waals surface area contributed by atoms with Gasteiger partial charge in [-0.15, -0.1) is 11.6 Å². The SMILES string of the molecule is CCC[n+]1ccn(CCCCl)c1N=Nc1cnn(CCCN)c1N. The molecule has 0 spiro atoms. The summed E-state index contributed by atoms with van der Waals surface area (Å²) in [6, 6.07) is 0. The summed E-state index contributed by atoms with van der Waals surface area (Å²) in [5.74, 6) is 1.91. The molecule has 0 saturated carbocycles. The van der Waals surface area contributed by atoms with Crippen LogP contribution in [0.1, 0.15) is 26.2 Å². The number of aromatic nitrogens is 4. The molecule has 0 aliphatic heterocycles. The van der Waals surface area contributed by atoms with Crippen LogP contribution in [0.3, 0.4) is 0 Å². The number of imidazole rings is 1. The maximum atomic E-state index is 6.07. The monoisotopic (exact) mass is 353 g/mol. The molecule has 2 rings (SSSR count). The Morgan fingerprint density at radius 1 is 1.29 bits per heavy atom. The Kier molecular flexibility index (Phi) is 7.20. The van der Waals surface area contributed by atoms with E-state index in [2.05, 4.69) is 31.4 Å². The highest BCUT2D eigenvalue weighted by Gasteiger charge is 2.17. The predicted molar refractivity (Wildman–Crippen MR) is 94.7 cm³/mol. The first kappa shape index (κ1) is 18.4. The van der Waals surface area contributed by atoms with Crippen molar-refractivity contribution in [1.82, 2.24) is 14.3 Å². The van der Waals surface area contributed by atoms with E-state index in [1.807, 2.05) is 12.4 Å². The molecule has 8 nitrogen and oxygen atoms in total. The lowest BCUT2D eigenvalue weighted by Gasteiger charge is -2.01. The Hall–Kier alpha value is -1.93. The number of alkyl halides is 1. The minimum Gasteiger partial charge on any atom is -0.382 e. The maximum Gasteiger partial charge on any atom is 0.421 e. The van der Waals surface area contributed by atoms with Crippen LogP contribution in [0.25, 0.3) is 0 Å². The molecular weight excluding hydrogens is 328 g/mol. The van der Waals surface area contributed by atoms with Crippen molar-refractivity contribution in [2.45, 2.75) is 45.8 Å². The number of hydrogen-bond donors (Lipinski definition) is 2. The van der Waals surface area contributed by atoms with Crippen molar-refractivity contribution in [2.75, 3.05) is 18.2 Å². The van der Waals surface area contributed by atoms with Gasteiger partial charge in [0.15, 0.2) is 11.5 Å². The Morgan fingerprint density at radius 3 is 2.83 bits per heavy atom. The summed E-state index contributed by atoms with van der Waals surface area (Å²) in [6.45, 7) is 5.10. The molecular formula is C15H26ClN8+. The van der Waals surface area contributed by atoms with Gasteiger partial charge in [0.1, 0.15) is 0 Å². The van der Waals surface area contributed by atoms with Crippen LogP contribution in [0, 0.1) is 0 Å². The highest BCUT2D eigenvalue weighted by atomic mass is 35.5. The fraction of sp³-hybridized carbons (Fsp3) is 0.600. The number of hydrogen-bond acceptors (Lipinski definition) is 5. The smallest absolute Gasteiger partial charge is 0.382 e. The minimum atomic E-state index is 0.508. The van der Waals surface area contributed by atoms with Crippen LogP contribution in [0.5, 0.6) is 0 Å². The molecule has 0 atom stereocenters. The standard InChI is InChI=1S/C15H25ClN8/c1-2-7-22-10-11-23(8-3-5-16)15(22)21-20-13-12-19-24(14(13)18)9-4-6-17/h10-12,18H,2-9,17H2,1H3/p+1. The normalized spacial score (nSPS) is 11.6. The van der Waals surface area contributed by atoms with Crippen LogP contribution in [0.15, 0.2) is 28.8 Å². The largest absolute Gasteiger partial charge is 0.421 e. The van der Waals surface area contributed by atoms with E-state index < -0.39 is 0 Å². The van der Waals surface area contributed by atoms with Crippen molar-refractivity contribution >= 4 is 29.1 Å². The lowest BCUT2D eigenvalue weighted by molar-refractivity contribution is -0.683. The van der Waals surface area contributed by atoms with Gasteiger partial charge < -0.3 is 11.5 Å². The summed E-state index contributed by atoms with van der Waals surface area (Å²) >= 11 is 5.80. The zero-order chi connectivity index (χ0) is 17.4. The molecule has 0 unspecified atom stereocenters. The third-order valence-corrected chi connectivity index (χ3v) is 3.89. The zero-order valence-electron chi connectivity index (χ0n) is 14.1. The van der Waals surface area contributed by atoms with Crippen molar-refractivity contribution in [1.29, 1.82) is 0 Å². The van der Waals surface area contributed by atoms with Crippen molar-refractivity contribution in [3.63, 3.8) is 0 Å². The molecule has 0 saturated heterocycles. The van der Waals surface area contributed by atoms with Crippen LogP contribution >= 0.6 is 11.6 Å². The number of rotatable bonds is 10. The van der Waals surface area contributed by atoms with E-state index >= 15 is 0 Å². The lowest BCUT2D eigenvalue weighted by Crippen LogP contribution is -2.31. The van der Waals surface area contributed by atoms with E-state index in [1.54, 1.807) is 10.9 Å². The Morgan fingerprint density at radius 2 is 2.12 bits per heavy atom. The minimum absolute atomic E-state index is 0.508. The van der Waals surface area contributed by atoms with Crippen LogP contribution in [0.2, 0.25) is 0 Å². The fourth-order valence-corrected chi connectivity index (χ4v) is 2.49. The van der Waals surface area contributed by atoms with Gasteiger partial charge >= 0.3 is 5.95 Å². The summed E-state index contributed by atoms with van der Waals surface area (Å²) in [5.41, 5.74) is 12.2. The molecule has 0 aromatic carbocycles. The number of azo groups is 1. The molecule has 24 heavy (non-hydrogen) atoms. The number of aryl methyl sites for hydroxylation is 3. The number of nitrogen functional groups attached to an aromatic ring is 1. The molecule has 0 aliphatic rings. The van der Waals surface area contributed by atoms with Crippen LogP contribution < -0.4 is 16.0 Å². The molecule has 2 aromatic rings. The van der Waals surface area contributed by atoms with Crippen molar-refractivity contribution in [3.05, 3.63) is 18.6 Å². The number of nitrogens with two attached hydrogens (primary N) is 2. The van der Waals surface area contributed by atoms with Gasteiger partial charge in [0.05, 0.1) is 31.7 Å². The summed E-state index contributed by atoms with van der Waals surface area (Å²) in [7, 11) is 0. The topological polar surface area (TPSA) is 103 Å². The van der Waals surface area contributed by atoms with Gasteiger partial charge in [-0.1, -0.05) is 12.0 Å². The van der Waals surface area contributed by atoms with Crippen LogP contribution in [-0.2, 0) is 19.6 Å². The van der Waals surface area contributed by atoms with E-state index in [-0.39, 0.29) is 0 Å². The maximum absolute atomic E-state index is 6.07. The van der Waals surface area contributed by atoms with Gasteiger partial charge in [0, 0.05) is 17.5 Å². The molecule has 132 valence electrons. The first-order chi connectivity index (χ1) is 11.7. The molecule has 4 N–H and O–H groups in total. The van der Waals surface area contributed by atoms with Gasteiger partial charge in [-0.25, -0.2) is 13.8 Å². The summed E-state index contributed by atoms with van der Waals surface area (Å²) in [4.78, 5) is 0. The third-order valence-electron chi connectivity index (χ3n) is 3.62. The van der Waals surface area contributed by atoms with E-state index in [9.17, 15) is 0 Å². The lowest BCUT2D eigenvalue weighted by atomic mass is 10.4. The van der Waals surface area contributed by atoms with Crippen molar-refractivity contribution in [2.24, 2.45) is 16.0 Å². The molecule has 0 fully saturated rings. The Labute approximate surface area is 147 Å². The molecule has 2 heterocycles. The van der Waals surface area contributed by atoms with E-state index in [0.717, 1.165) is 38.3 Å². The molecule has 9 heteroatoms. The second-order valence-electron chi connectivity index (χ2n) is 5.51. The molecule has 0 radical (unpaired) electrons. The van der Waals surface area contributed by atoms with E-state index in [0.29, 0.717) is 30.5 Å². The quantitative estimate of drug-likeness (QED) is 0.389. The number of anilines is 1. The van der Waals surface area contributed by atoms with Crippen molar-refractivity contribution < 1.29 is 4.57 Å². The highest BCUT2D eigenvalue weighted by Crippen LogP contribution is 2.23. The second-order valence-corrected chi connectivity index (χ2v) is 5.89. The summed E-state index contributed by atoms with van der Waals surface area (Å²) in [6.07, 6.45) is 8.37. The van der Waals surface area contributed by atoms with Gasteiger partial charge in [-0.05, 0) is 25.8 Å². The second kappa shape index (κ2) is 9.39. The van der Waals surface area contributed by atoms with E-state index in [4.69, 9.17) is 23.1 Å². The molecule has 0 amide bonds. The summed E-state index contributed by atoms with van der Waals surface area (Å²) < 4.78 is 5.83. The zero-order valence-corrected chi connectivity index (χ0v) is 14.9. The number of halogens is 1. The number of nitrogens with zero attached hydrogens (tertiary/aromatic N) is 6. The average molecular weight is 354 g/mol. The average Bonchev–Trinajstić information content (AvgIpc) is 3.13. The molecule has 0 bridgehead atoms. The van der Waals surface area contributed by atoms with Gasteiger partial charge in [-0.2, -0.15) is 5.10 Å². The predicted octanol–water partition coefficient (Wildman–Crippen LogP) is 2.36. The first-order valence-electron chi connectivity index (χ1n) is 8.28. The van der Waals surface area contributed by atoms with E-state index in [1.165, 1.54) is 0 Å². The van der Waals surface area contributed by atoms with Crippen molar-refractivity contribution in [3.8, 4) is 0 Å². The highest BCUT2D eigenvalue weighted by molar-refractivity contribution is 6.17. The van der Waals surface area contributed by atoms with Gasteiger partial charge in [0.2, 0.25) is 0 Å². The molecule has 0 aliphatic carbocycles. The Bertz CT molecular complexity index is 660. The fourth-order valence-electron chi connectivity index (χ4n) is 2.37. The molecule has 2 aromatic heterocycles. The first-order valence-corrected chi connectivity index (χ1v) is 8.82. The van der Waals surface area contributed by atoms with Gasteiger partial charge in [-0.3, -0.25) is 0 Å². The Balaban J connectivity index is 2.21. The van der Waals surface area contributed by atoms with Crippen LogP contribution in [0.4, 0.5) is 17.5 Å². The summed E-state index contributed by atoms with van der Waals surface area (Å²) in [5, 5.41) is 12.9. The van der Waals surface area contributed by atoms with Crippen LogP contribution in [-0.4, -0.2) is 26.8 Å². The van der Waals surface area contributed by atoms with Gasteiger partial charge in [0.25, 0.3) is 0 Å². The third kappa shape index (κ3) is 4.55.